The predicted octanol–water partition coefficient (Wildman–Crippen LogP) is 2.44. The van der Waals surface area contributed by atoms with Crippen LogP contribution in [-0.4, -0.2) is 85.3 Å². The second-order valence-corrected chi connectivity index (χ2v) is 11.0. The molecule has 0 aliphatic carbocycles. The number of hydrogen-bond acceptors (Lipinski definition) is 7. The summed E-state index contributed by atoms with van der Waals surface area (Å²) in [5.41, 5.74) is -0.559. The standard InChI is InChI=1S/C29H30FN5O6/c1-33(2)18-6-8-34(9-7-18)26(37)21-10-17-11-24(41-23(17)13-22(21)30)29(27(38)31-28(39)32-29)15-35-14-16-4-5-19(40-3)12-20(16)25(35)36/h4-5,10-13,18H,6-9,14-15H2,1-3H3,(H2,31,32,38,39). The molecule has 0 radical (unpaired) electrons. The molecule has 11 nitrogen and oxygen atoms in total. The molecule has 0 bridgehead atoms. The van der Waals surface area contributed by atoms with Gasteiger partial charge < -0.3 is 29.2 Å². The largest absolute Gasteiger partial charge is 0.497 e. The van der Waals surface area contributed by atoms with Crippen molar-refractivity contribution in [3.63, 3.8) is 0 Å². The molecule has 1 aromatic heterocycles. The van der Waals surface area contributed by atoms with Crippen LogP contribution >= 0.6 is 0 Å². The van der Waals surface area contributed by atoms with Gasteiger partial charge in [0.15, 0.2) is 5.54 Å². The van der Waals surface area contributed by atoms with E-state index in [4.69, 9.17) is 9.15 Å². The van der Waals surface area contributed by atoms with Gasteiger partial charge in [-0.2, -0.15) is 0 Å². The van der Waals surface area contributed by atoms with E-state index >= 15 is 4.39 Å². The number of imide groups is 1. The van der Waals surface area contributed by atoms with Gasteiger partial charge in [0.05, 0.1) is 19.2 Å². The Morgan fingerprint density at radius 3 is 2.56 bits per heavy atom. The second kappa shape index (κ2) is 9.88. The van der Waals surface area contributed by atoms with Crippen LogP contribution in [0.15, 0.2) is 40.8 Å². The van der Waals surface area contributed by atoms with Gasteiger partial charge in [0, 0.05) is 42.7 Å². The Hall–Kier alpha value is -4.45. The number of methoxy groups -OCH3 is 1. The van der Waals surface area contributed by atoms with E-state index < -0.39 is 29.2 Å². The average Bonchev–Trinajstić information content (AvgIpc) is 3.60. The summed E-state index contributed by atoms with van der Waals surface area (Å²) >= 11 is 0. The number of fused-ring (bicyclic) bond motifs is 2. The van der Waals surface area contributed by atoms with Crippen molar-refractivity contribution in [3.8, 4) is 5.75 Å². The molecule has 3 aliphatic heterocycles. The Morgan fingerprint density at radius 2 is 1.90 bits per heavy atom. The molecule has 2 aromatic carbocycles. The highest BCUT2D eigenvalue weighted by atomic mass is 19.1. The van der Waals surface area contributed by atoms with Crippen LogP contribution in [0.5, 0.6) is 5.75 Å². The minimum absolute atomic E-state index is 0.0213. The number of furan rings is 1. The predicted molar refractivity (Wildman–Crippen MR) is 145 cm³/mol. The maximum Gasteiger partial charge on any atom is 0.322 e. The Bertz CT molecular complexity index is 1590. The van der Waals surface area contributed by atoms with E-state index in [-0.39, 0.29) is 35.9 Å². The fraction of sp³-hybridized carbons (Fsp3) is 0.379. The van der Waals surface area contributed by atoms with Crippen molar-refractivity contribution < 1.29 is 32.7 Å². The number of rotatable bonds is 6. The number of nitrogens with one attached hydrogen (secondary N) is 2. The third-order valence-corrected chi connectivity index (χ3v) is 8.30. The van der Waals surface area contributed by atoms with Crippen molar-refractivity contribution >= 4 is 34.7 Å². The Balaban J connectivity index is 1.31. The lowest BCUT2D eigenvalue weighted by Crippen LogP contribution is -2.52. The van der Waals surface area contributed by atoms with Crippen LogP contribution in [0, 0.1) is 5.82 Å². The third-order valence-electron chi connectivity index (χ3n) is 8.30. The van der Waals surface area contributed by atoms with Crippen molar-refractivity contribution in [3.05, 3.63) is 64.7 Å². The van der Waals surface area contributed by atoms with Crippen molar-refractivity contribution in [1.29, 1.82) is 0 Å². The Kier molecular flexibility index (Phi) is 6.45. The molecule has 1 unspecified atom stereocenters. The number of nitrogens with zero attached hydrogens (tertiary/aromatic N) is 3. The summed E-state index contributed by atoms with van der Waals surface area (Å²) in [6.45, 7) is 1.02. The summed E-state index contributed by atoms with van der Waals surface area (Å²) in [7, 11) is 5.51. The molecule has 214 valence electrons. The first-order valence-corrected chi connectivity index (χ1v) is 13.4. The summed E-state index contributed by atoms with van der Waals surface area (Å²) in [4.78, 5) is 57.3. The number of likely N-dealkylation sites (tertiary alicyclic amines) is 1. The van der Waals surface area contributed by atoms with Crippen LogP contribution in [0.1, 0.15) is 44.9 Å². The number of carbonyl (C=O) groups excluding carboxylic acids is 4. The van der Waals surface area contributed by atoms with Crippen molar-refractivity contribution in [1.82, 2.24) is 25.3 Å². The van der Waals surface area contributed by atoms with Gasteiger partial charge in [0.1, 0.15) is 22.9 Å². The second-order valence-electron chi connectivity index (χ2n) is 11.0. The number of hydrogen-bond donors (Lipinski definition) is 2. The fourth-order valence-electron chi connectivity index (χ4n) is 5.93. The van der Waals surface area contributed by atoms with Crippen molar-refractivity contribution in [2.45, 2.75) is 31.0 Å². The van der Waals surface area contributed by atoms with Crippen molar-refractivity contribution in [2.75, 3.05) is 40.8 Å². The fourth-order valence-corrected chi connectivity index (χ4v) is 5.93. The van der Waals surface area contributed by atoms with Gasteiger partial charge in [-0.25, -0.2) is 9.18 Å². The van der Waals surface area contributed by atoms with E-state index in [0.717, 1.165) is 24.5 Å². The number of ether oxygens (including phenoxy) is 1. The van der Waals surface area contributed by atoms with E-state index in [2.05, 4.69) is 15.5 Å². The molecule has 5 amide bonds. The highest BCUT2D eigenvalue weighted by Crippen LogP contribution is 2.36. The smallest absolute Gasteiger partial charge is 0.322 e. The number of benzene rings is 2. The number of carbonyl (C=O) groups is 4. The number of urea groups is 1. The molecule has 0 saturated carbocycles. The molecule has 4 heterocycles. The summed E-state index contributed by atoms with van der Waals surface area (Å²) < 4.78 is 26.4. The highest BCUT2D eigenvalue weighted by molar-refractivity contribution is 6.08. The molecule has 12 heteroatoms. The minimum atomic E-state index is -1.76. The van der Waals surface area contributed by atoms with Crippen LogP contribution in [0.4, 0.5) is 9.18 Å². The molecule has 3 aromatic rings. The molecule has 0 spiro atoms. The van der Waals surface area contributed by atoms with Crippen LogP contribution < -0.4 is 15.4 Å². The van der Waals surface area contributed by atoms with Gasteiger partial charge >= 0.3 is 6.03 Å². The molecule has 41 heavy (non-hydrogen) atoms. The summed E-state index contributed by atoms with van der Waals surface area (Å²) in [6.07, 6.45) is 1.59. The first kappa shape index (κ1) is 26.8. The first-order chi connectivity index (χ1) is 19.6. The van der Waals surface area contributed by atoms with E-state index in [0.29, 0.717) is 35.8 Å². The van der Waals surface area contributed by atoms with Crippen LogP contribution in [0.25, 0.3) is 11.0 Å². The molecule has 1 atom stereocenters. The van der Waals surface area contributed by atoms with Gasteiger partial charge in [0.2, 0.25) is 0 Å². The zero-order chi connectivity index (χ0) is 29.1. The van der Waals surface area contributed by atoms with Gasteiger partial charge in [-0.05, 0) is 56.8 Å². The molecule has 2 fully saturated rings. The van der Waals surface area contributed by atoms with Gasteiger partial charge in [-0.1, -0.05) is 6.07 Å². The monoisotopic (exact) mass is 563 g/mol. The maximum absolute atomic E-state index is 15.2. The molecular weight excluding hydrogens is 533 g/mol. The topological polar surface area (TPSA) is 124 Å². The molecule has 2 N–H and O–H groups in total. The zero-order valence-electron chi connectivity index (χ0n) is 23.0. The van der Waals surface area contributed by atoms with Gasteiger partial charge in [-0.3, -0.25) is 19.7 Å². The average molecular weight is 564 g/mol. The minimum Gasteiger partial charge on any atom is -0.497 e. The number of amides is 5. The lowest BCUT2D eigenvalue weighted by Gasteiger charge is -2.35. The molecule has 6 rings (SSSR count). The first-order valence-electron chi connectivity index (χ1n) is 13.4. The van der Waals surface area contributed by atoms with E-state index in [1.165, 1.54) is 24.1 Å². The summed E-state index contributed by atoms with van der Waals surface area (Å²) in [6, 6.07) is 8.79. The highest BCUT2D eigenvalue weighted by Gasteiger charge is 2.53. The Labute approximate surface area is 235 Å². The van der Waals surface area contributed by atoms with E-state index in [1.807, 2.05) is 14.1 Å². The normalized spacial score (nSPS) is 21.0. The summed E-state index contributed by atoms with van der Waals surface area (Å²) in [5, 5.41) is 5.24. The number of halogens is 1. The molecular formula is C29H30FN5O6. The lowest BCUT2D eigenvalue weighted by atomic mass is 9.95. The van der Waals surface area contributed by atoms with Gasteiger partial charge in [-0.15, -0.1) is 0 Å². The lowest BCUT2D eigenvalue weighted by molar-refractivity contribution is -0.125. The molecule has 3 aliphatic rings. The third kappa shape index (κ3) is 4.48. The molecule has 2 saturated heterocycles. The SMILES string of the molecule is COc1ccc2c(c1)C(=O)N(CC1(c3cc4cc(C(=O)N5CCC(N(C)C)CC5)c(F)cc4o3)NC(=O)NC1=O)C2. The number of piperidine rings is 1. The van der Waals surface area contributed by atoms with Crippen LogP contribution in [0.2, 0.25) is 0 Å². The van der Waals surface area contributed by atoms with Gasteiger partial charge in [0.25, 0.3) is 17.7 Å². The van der Waals surface area contributed by atoms with E-state index in [9.17, 15) is 19.2 Å². The quantitative estimate of drug-likeness (QED) is 0.442. The summed E-state index contributed by atoms with van der Waals surface area (Å²) in [5.74, 6) is -1.66. The zero-order valence-corrected chi connectivity index (χ0v) is 23.0. The maximum atomic E-state index is 15.2. The van der Waals surface area contributed by atoms with Crippen LogP contribution in [0.3, 0.4) is 0 Å². The Morgan fingerprint density at radius 1 is 1.15 bits per heavy atom. The van der Waals surface area contributed by atoms with E-state index in [1.54, 1.807) is 23.1 Å². The van der Waals surface area contributed by atoms with Crippen LogP contribution in [-0.2, 0) is 16.9 Å². The van der Waals surface area contributed by atoms with Crippen molar-refractivity contribution in [2.24, 2.45) is 0 Å².